The van der Waals surface area contributed by atoms with Gasteiger partial charge in [-0.05, 0) is 6.92 Å². The van der Waals surface area contributed by atoms with Crippen LogP contribution in [0.2, 0.25) is 0 Å². The summed E-state index contributed by atoms with van der Waals surface area (Å²) in [6.07, 6.45) is 0.432. The Bertz CT molecular complexity index is 216. The van der Waals surface area contributed by atoms with E-state index in [1.54, 1.807) is 6.92 Å². The molecule has 0 aromatic heterocycles. The molecule has 0 bridgehead atoms. The molecule has 0 aromatic carbocycles. The molecule has 5 nitrogen and oxygen atoms in total. The Hall–Kier alpha value is -1.12. The minimum absolute atomic E-state index is 0.207. The zero-order valence-corrected chi connectivity index (χ0v) is 6.70. The molecular weight excluding hydrogens is 162 g/mol. The van der Waals surface area contributed by atoms with Gasteiger partial charge in [-0.2, -0.15) is 15.0 Å². The van der Waals surface area contributed by atoms with Gasteiger partial charge in [-0.3, -0.25) is 0 Å². The maximum Gasteiger partial charge on any atom is 0.372 e. The van der Waals surface area contributed by atoms with Gasteiger partial charge in [0.1, 0.15) is 0 Å². The maximum atomic E-state index is 11.1. The first kappa shape index (κ1) is 8.97. The van der Waals surface area contributed by atoms with E-state index in [2.05, 4.69) is 14.5 Å². The zero-order chi connectivity index (χ0) is 9.03. The second kappa shape index (κ2) is 3.52. The largest absolute Gasteiger partial charge is 0.462 e. The van der Waals surface area contributed by atoms with Crippen molar-refractivity contribution in [1.29, 1.82) is 5.26 Å². The highest BCUT2D eigenvalue weighted by atomic mass is 17.4. The van der Waals surface area contributed by atoms with Crippen LogP contribution in [0, 0.1) is 11.3 Å². The summed E-state index contributed by atoms with van der Waals surface area (Å²) in [6, 6.07) is 1.89. The minimum Gasteiger partial charge on any atom is -0.462 e. The fourth-order valence-electron chi connectivity index (χ4n) is 0.765. The SMILES string of the molecule is CCOC(=O)C1(CCC#N)OO1. The molecule has 1 heterocycles. The summed E-state index contributed by atoms with van der Waals surface area (Å²) in [5.74, 6) is -1.83. The van der Waals surface area contributed by atoms with Gasteiger partial charge in [-0.1, -0.05) is 0 Å². The van der Waals surface area contributed by atoms with E-state index in [1.807, 2.05) is 6.07 Å². The first-order chi connectivity index (χ1) is 5.75. The molecule has 0 atom stereocenters. The first-order valence-electron chi connectivity index (χ1n) is 3.66. The molecule has 0 radical (unpaired) electrons. The molecule has 66 valence electrons. The Morgan fingerprint density at radius 2 is 2.33 bits per heavy atom. The topological polar surface area (TPSA) is 75.2 Å². The smallest absolute Gasteiger partial charge is 0.372 e. The molecule has 12 heavy (non-hydrogen) atoms. The second-order valence-corrected chi connectivity index (χ2v) is 2.30. The van der Waals surface area contributed by atoms with E-state index in [1.165, 1.54) is 0 Å². The third-order valence-corrected chi connectivity index (χ3v) is 1.44. The van der Waals surface area contributed by atoms with Crippen molar-refractivity contribution in [2.75, 3.05) is 6.61 Å². The van der Waals surface area contributed by atoms with Crippen LogP contribution >= 0.6 is 0 Å². The monoisotopic (exact) mass is 171 g/mol. The molecular formula is C7H9NO4. The van der Waals surface area contributed by atoms with Crippen molar-refractivity contribution in [2.45, 2.75) is 25.6 Å². The Morgan fingerprint density at radius 3 is 2.75 bits per heavy atom. The molecule has 1 aliphatic rings. The van der Waals surface area contributed by atoms with Crippen LogP contribution in [0.25, 0.3) is 0 Å². The standard InChI is InChI=1S/C7H9NO4/c1-2-10-6(9)7(11-12-7)4-3-5-8/h2-4H2,1H3. The average molecular weight is 171 g/mol. The van der Waals surface area contributed by atoms with Crippen molar-refractivity contribution in [1.82, 2.24) is 0 Å². The average Bonchev–Trinajstić information content (AvgIpc) is 2.82. The van der Waals surface area contributed by atoms with Crippen LogP contribution < -0.4 is 0 Å². The lowest BCUT2D eigenvalue weighted by atomic mass is 10.2. The number of carbonyl (C=O) groups excluding carboxylic acids is 1. The van der Waals surface area contributed by atoms with E-state index >= 15 is 0 Å². The number of ether oxygens (including phenoxy) is 1. The number of carbonyl (C=O) groups is 1. The lowest BCUT2D eigenvalue weighted by molar-refractivity contribution is -0.150. The summed E-state index contributed by atoms with van der Waals surface area (Å²) in [4.78, 5) is 20.0. The van der Waals surface area contributed by atoms with Crippen molar-refractivity contribution >= 4 is 5.97 Å². The number of esters is 1. The number of nitriles is 1. The molecule has 5 heteroatoms. The normalized spacial score (nSPS) is 18.0. The molecule has 1 fully saturated rings. The third-order valence-electron chi connectivity index (χ3n) is 1.44. The van der Waals surface area contributed by atoms with Crippen LogP contribution in [-0.4, -0.2) is 18.4 Å². The summed E-state index contributed by atoms with van der Waals surface area (Å²) in [5.41, 5.74) is 0. The number of hydrogen-bond donors (Lipinski definition) is 0. The highest BCUT2D eigenvalue weighted by Crippen LogP contribution is 2.35. The van der Waals surface area contributed by atoms with Gasteiger partial charge in [0.05, 0.1) is 12.7 Å². The molecule has 1 saturated heterocycles. The van der Waals surface area contributed by atoms with E-state index in [0.29, 0.717) is 0 Å². The Morgan fingerprint density at radius 1 is 1.67 bits per heavy atom. The lowest BCUT2D eigenvalue weighted by Gasteiger charge is -2.03. The first-order valence-corrected chi connectivity index (χ1v) is 3.66. The fourth-order valence-corrected chi connectivity index (χ4v) is 0.765. The van der Waals surface area contributed by atoms with Gasteiger partial charge in [0.15, 0.2) is 0 Å². The highest BCUT2D eigenvalue weighted by molar-refractivity contribution is 5.79. The van der Waals surface area contributed by atoms with Crippen LogP contribution in [0.15, 0.2) is 0 Å². The van der Waals surface area contributed by atoms with Gasteiger partial charge >= 0.3 is 11.8 Å². The second-order valence-electron chi connectivity index (χ2n) is 2.30. The summed E-state index contributed by atoms with van der Waals surface area (Å²) in [5, 5.41) is 8.26. The molecule has 0 aliphatic carbocycles. The summed E-state index contributed by atoms with van der Waals surface area (Å²) >= 11 is 0. The van der Waals surface area contributed by atoms with Crippen LogP contribution in [0.4, 0.5) is 0 Å². The van der Waals surface area contributed by atoms with Crippen LogP contribution in [0.5, 0.6) is 0 Å². The van der Waals surface area contributed by atoms with Crippen LogP contribution in [0.3, 0.4) is 0 Å². The molecule has 0 spiro atoms. The third kappa shape index (κ3) is 1.72. The van der Waals surface area contributed by atoms with E-state index < -0.39 is 11.8 Å². The quantitative estimate of drug-likeness (QED) is 0.350. The minimum atomic E-state index is -1.27. The van der Waals surface area contributed by atoms with Gasteiger partial charge in [0.2, 0.25) is 0 Å². The van der Waals surface area contributed by atoms with Crippen molar-refractivity contribution in [3.8, 4) is 6.07 Å². The van der Waals surface area contributed by atoms with Gasteiger partial charge in [0.25, 0.3) is 0 Å². The van der Waals surface area contributed by atoms with Crippen LogP contribution in [-0.2, 0) is 19.3 Å². The van der Waals surface area contributed by atoms with Gasteiger partial charge in [-0.25, -0.2) is 4.79 Å². The molecule has 0 N–H and O–H groups in total. The maximum absolute atomic E-state index is 11.1. The molecule has 0 aromatic rings. The summed E-state index contributed by atoms with van der Waals surface area (Å²) in [6.45, 7) is 1.97. The molecule has 1 aliphatic heterocycles. The van der Waals surface area contributed by atoms with Crippen molar-refractivity contribution in [3.63, 3.8) is 0 Å². The Labute approximate surface area is 69.7 Å². The van der Waals surface area contributed by atoms with Gasteiger partial charge in [-0.15, -0.1) is 0 Å². The fraction of sp³-hybridized carbons (Fsp3) is 0.714. The van der Waals surface area contributed by atoms with Crippen molar-refractivity contribution in [3.05, 3.63) is 0 Å². The number of hydrogen-bond acceptors (Lipinski definition) is 5. The van der Waals surface area contributed by atoms with Crippen molar-refractivity contribution < 1.29 is 19.3 Å². The predicted octanol–water partition coefficient (Wildman–Crippen LogP) is 0.511. The summed E-state index contributed by atoms with van der Waals surface area (Å²) < 4.78 is 4.67. The van der Waals surface area contributed by atoms with E-state index in [4.69, 9.17) is 5.26 Å². The van der Waals surface area contributed by atoms with E-state index in [0.717, 1.165) is 0 Å². The molecule has 0 amide bonds. The van der Waals surface area contributed by atoms with E-state index in [-0.39, 0.29) is 19.4 Å². The number of rotatable bonds is 4. The Balaban J connectivity index is 2.38. The molecule has 1 rings (SSSR count). The van der Waals surface area contributed by atoms with Gasteiger partial charge in [0, 0.05) is 12.8 Å². The predicted molar refractivity (Wildman–Crippen MR) is 36.4 cm³/mol. The zero-order valence-electron chi connectivity index (χ0n) is 6.70. The molecule has 0 saturated carbocycles. The summed E-state index contributed by atoms with van der Waals surface area (Å²) in [7, 11) is 0. The van der Waals surface area contributed by atoms with Gasteiger partial charge < -0.3 is 4.74 Å². The number of nitrogens with zero attached hydrogens (tertiary/aromatic N) is 1. The Kier molecular flexibility index (Phi) is 2.63. The molecule has 0 unspecified atom stereocenters. The van der Waals surface area contributed by atoms with Crippen LogP contribution in [0.1, 0.15) is 19.8 Å². The highest BCUT2D eigenvalue weighted by Gasteiger charge is 2.57. The van der Waals surface area contributed by atoms with Crippen molar-refractivity contribution in [2.24, 2.45) is 0 Å². The van der Waals surface area contributed by atoms with E-state index in [9.17, 15) is 4.79 Å². The lowest BCUT2D eigenvalue weighted by Crippen LogP contribution is -2.26.